The van der Waals surface area contributed by atoms with E-state index in [0.29, 0.717) is 0 Å². The maximum Gasteiger partial charge on any atom is 0.200 e. The molecule has 0 aromatic heterocycles. The van der Waals surface area contributed by atoms with Crippen LogP contribution in [0.1, 0.15) is 6.92 Å². The number of aliphatic hydroxyl groups is 1. The van der Waals surface area contributed by atoms with Gasteiger partial charge < -0.3 is 16.2 Å². The van der Waals surface area contributed by atoms with Crippen molar-refractivity contribution in [2.45, 2.75) is 19.1 Å². The summed E-state index contributed by atoms with van der Waals surface area (Å²) in [6.07, 6.45) is -1.00. The first-order chi connectivity index (χ1) is 8.27. The molecule has 1 rings (SSSR count). The number of hydrogen-bond donors (Lipinski definition) is 3. The molecule has 0 spiro atoms. The van der Waals surface area contributed by atoms with Gasteiger partial charge in [-0.25, -0.2) is 22.0 Å². The number of aliphatic hydroxyl groups excluding tert-OH is 1. The molecule has 0 saturated carbocycles. The Labute approximate surface area is 99.4 Å². The Morgan fingerprint density at radius 3 is 1.78 bits per heavy atom. The molecule has 3 nitrogen and oxygen atoms in total. The second-order valence-corrected chi connectivity index (χ2v) is 3.73. The normalized spacial score (nSPS) is 14.4. The highest BCUT2D eigenvalue weighted by molar-refractivity contribution is 5.47. The first kappa shape index (κ1) is 14.7. The van der Waals surface area contributed by atoms with Gasteiger partial charge in [0.25, 0.3) is 0 Å². The van der Waals surface area contributed by atoms with Gasteiger partial charge in [-0.15, -0.1) is 0 Å². The number of anilines is 1. The van der Waals surface area contributed by atoms with Crippen molar-refractivity contribution >= 4 is 5.69 Å². The van der Waals surface area contributed by atoms with Crippen LogP contribution in [0.25, 0.3) is 0 Å². The Morgan fingerprint density at radius 2 is 1.39 bits per heavy atom. The average molecular weight is 270 g/mol. The van der Waals surface area contributed by atoms with Gasteiger partial charge in [-0.1, -0.05) is 0 Å². The fourth-order valence-electron chi connectivity index (χ4n) is 1.15. The van der Waals surface area contributed by atoms with Crippen LogP contribution < -0.4 is 11.1 Å². The summed E-state index contributed by atoms with van der Waals surface area (Å²) in [5.41, 5.74) is 4.19. The summed E-state index contributed by atoms with van der Waals surface area (Å²) in [4.78, 5) is 0. The summed E-state index contributed by atoms with van der Waals surface area (Å²) < 4.78 is 64.6. The number of hydrogen-bond acceptors (Lipinski definition) is 3. The largest absolute Gasteiger partial charge is 0.392 e. The average Bonchev–Trinajstić information content (AvgIpc) is 2.33. The SMILES string of the molecule is CC(O)C(N)CNc1c(F)c(F)c(F)c(F)c1F. The second kappa shape index (κ2) is 5.49. The standard InChI is InChI=1S/C10H11F5N2O/c1-3(18)4(16)2-17-10-8(14)6(12)5(11)7(13)9(10)15/h3-4,17-18H,2,16H2,1H3. The third-order valence-electron chi connectivity index (χ3n) is 2.34. The molecule has 2 unspecified atom stereocenters. The lowest BCUT2D eigenvalue weighted by Gasteiger charge is -2.17. The minimum atomic E-state index is -2.23. The molecule has 0 aliphatic heterocycles. The van der Waals surface area contributed by atoms with E-state index >= 15 is 0 Å². The lowest BCUT2D eigenvalue weighted by atomic mass is 10.2. The van der Waals surface area contributed by atoms with Crippen LogP contribution >= 0.6 is 0 Å². The first-order valence-electron chi connectivity index (χ1n) is 4.96. The van der Waals surface area contributed by atoms with Gasteiger partial charge in [0.1, 0.15) is 5.69 Å². The molecule has 8 heteroatoms. The molecule has 1 aromatic carbocycles. The van der Waals surface area contributed by atoms with Crippen molar-refractivity contribution in [1.29, 1.82) is 0 Å². The third kappa shape index (κ3) is 2.70. The highest BCUT2D eigenvalue weighted by Gasteiger charge is 2.26. The molecule has 0 aliphatic carbocycles. The quantitative estimate of drug-likeness (QED) is 0.441. The Hall–Kier alpha value is -1.41. The molecule has 4 N–H and O–H groups in total. The molecule has 0 fully saturated rings. The number of benzene rings is 1. The van der Waals surface area contributed by atoms with Crippen LogP contribution in [-0.4, -0.2) is 23.8 Å². The molecule has 0 amide bonds. The Kier molecular flexibility index (Phi) is 4.47. The van der Waals surface area contributed by atoms with Gasteiger partial charge >= 0.3 is 0 Å². The zero-order valence-corrected chi connectivity index (χ0v) is 9.28. The third-order valence-corrected chi connectivity index (χ3v) is 2.34. The second-order valence-electron chi connectivity index (χ2n) is 3.73. The lowest BCUT2D eigenvalue weighted by Crippen LogP contribution is -2.39. The van der Waals surface area contributed by atoms with Gasteiger partial charge in [-0.05, 0) is 6.92 Å². The molecule has 0 heterocycles. The highest BCUT2D eigenvalue weighted by atomic mass is 19.2. The fourth-order valence-corrected chi connectivity index (χ4v) is 1.15. The van der Waals surface area contributed by atoms with Gasteiger partial charge in [0.15, 0.2) is 23.3 Å². The smallest absolute Gasteiger partial charge is 0.200 e. The van der Waals surface area contributed by atoms with Gasteiger partial charge in [-0.3, -0.25) is 0 Å². The number of nitrogens with one attached hydrogen (secondary N) is 1. The van der Waals surface area contributed by atoms with Crippen LogP contribution in [-0.2, 0) is 0 Å². The van der Waals surface area contributed by atoms with Crippen molar-refractivity contribution in [3.63, 3.8) is 0 Å². The summed E-state index contributed by atoms with van der Waals surface area (Å²) in [7, 11) is 0. The lowest BCUT2D eigenvalue weighted by molar-refractivity contribution is 0.168. The van der Waals surface area contributed by atoms with Crippen molar-refractivity contribution in [2.24, 2.45) is 5.73 Å². The van der Waals surface area contributed by atoms with Crippen LogP contribution in [0.2, 0.25) is 0 Å². The van der Waals surface area contributed by atoms with E-state index in [1.807, 2.05) is 5.32 Å². The molecule has 0 aliphatic rings. The number of rotatable bonds is 4. The topological polar surface area (TPSA) is 58.3 Å². The summed E-state index contributed by atoms with van der Waals surface area (Å²) in [6, 6.07) is -0.917. The molecule has 0 radical (unpaired) electrons. The van der Waals surface area contributed by atoms with E-state index in [9.17, 15) is 22.0 Å². The molecule has 18 heavy (non-hydrogen) atoms. The van der Waals surface area contributed by atoms with Crippen LogP contribution in [0.5, 0.6) is 0 Å². The highest BCUT2D eigenvalue weighted by Crippen LogP contribution is 2.26. The Bertz CT molecular complexity index is 423. The monoisotopic (exact) mass is 270 g/mol. The first-order valence-corrected chi connectivity index (χ1v) is 4.96. The Balaban J connectivity index is 3.03. The predicted molar refractivity (Wildman–Crippen MR) is 54.4 cm³/mol. The summed E-state index contributed by atoms with van der Waals surface area (Å²) in [5, 5.41) is 11.0. The van der Waals surface area contributed by atoms with Gasteiger partial charge in [0.05, 0.1) is 6.10 Å². The number of nitrogens with two attached hydrogens (primary N) is 1. The van der Waals surface area contributed by atoms with Crippen molar-refractivity contribution in [3.05, 3.63) is 29.1 Å². The van der Waals surface area contributed by atoms with E-state index in [1.165, 1.54) is 6.92 Å². The summed E-state index contributed by atoms with van der Waals surface area (Å²) in [6.45, 7) is 0.973. The van der Waals surface area contributed by atoms with E-state index < -0.39 is 46.9 Å². The number of halogens is 5. The molecule has 0 bridgehead atoms. The molecular formula is C10H11F5N2O. The minimum absolute atomic E-state index is 0.351. The summed E-state index contributed by atoms with van der Waals surface area (Å²) >= 11 is 0. The van der Waals surface area contributed by atoms with Gasteiger partial charge in [0.2, 0.25) is 5.82 Å². The van der Waals surface area contributed by atoms with E-state index in [-0.39, 0.29) is 6.54 Å². The Morgan fingerprint density at radius 1 is 1.00 bits per heavy atom. The van der Waals surface area contributed by atoms with Crippen LogP contribution in [0, 0.1) is 29.1 Å². The van der Waals surface area contributed by atoms with Crippen LogP contribution in [0.4, 0.5) is 27.6 Å². The van der Waals surface area contributed by atoms with Crippen LogP contribution in [0.3, 0.4) is 0 Å². The zero-order chi connectivity index (χ0) is 14.0. The van der Waals surface area contributed by atoms with E-state index in [1.54, 1.807) is 0 Å². The zero-order valence-electron chi connectivity index (χ0n) is 9.28. The van der Waals surface area contributed by atoms with Crippen LogP contribution in [0.15, 0.2) is 0 Å². The minimum Gasteiger partial charge on any atom is -0.392 e. The van der Waals surface area contributed by atoms with E-state index in [2.05, 4.69) is 0 Å². The van der Waals surface area contributed by atoms with Crippen molar-refractivity contribution in [3.8, 4) is 0 Å². The van der Waals surface area contributed by atoms with Crippen molar-refractivity contribution < 1.29 is 27.1 Å². The molecular weight excluding hydrogens is 259 g/mol. The van der Waals surface area contributed by atoms with Gasteiger partial charge in [0, 0.05) is 12.6 Å². The van der Waals surface area contributed by atoms with Crippen molar-refractivity contribution in [1.82, 2.24) is 0 Å². The predicted octanol–water partition coefficient (Wildman–Crippen LogP) is 1.50. The fraction of sp³-hybridized carbons (Fsp3) is 0.400. The molecule has 102 valence electrons. The molecule has 0 saturated heterocycles. The van der Waals surface area contributed by atoms with Crippen molar-refractivity contribution in [2.75, 3.05) is 11.9 Å². The molecule has 2 atom stereocenters. The maximum absolute atomic E-state index is 13.2. The van der Waals surface area contributed by atoms with Gasteiger partial charge in [-0.2, -0.15) is 0 Å². The van der Waals surface area contributed by atoms with E-state index in [0.717, 1.165) is 0 Å². The van der Waals surface area contributed by atoms with E-state index in [4.69, 9.17) is 10.8 Å². The summed E-state index contributed by atoms with van der Waals surface area (Å²) in [5.74, 6) is -10.2. The maximum atomic E-state index is 13.2. The molecule has 1 aromatic rings.